The summed E-state index contributed by atoms with van der Waals surface area (Å²) in [5, 5.41) is 3.67. The van der Waals surface area contributed by atoms with E-state index < -0.39 is 5.56 Å². The van der Waals surface area contributed by atoms with Gasteiger partial charge in [-0.05, 0) is 30.2 Å². The SMILES string of the molecule is COc1cc(C)c(Nc2nc(=O)c(OC)cn2Cc2ccccc2)cc1Cl. The first kappa shape index (κ1) is 18.8. The highest BCUT2D eigenvalue weighted by Gasteiger charge is 2.13. The second-order valence-electron chi connectivity index (χ2n) is 5.98. The summed E-state index contributed by atoms with van der Waals surface area (Å²) in [6.07, 6.45) is 1.64. The minimum absolute atomic E-state index is 0.181. The summed E-state index contributed by atoms with van der Waals surface area (Å²) >= 11 is 6.24. The molecule has 1 N–H and O–H groups in total. The monoisotopic (exact) mass is 385 g/mol. The molecule has 6 nitrogen and oxygen atoms in total. The highest BCUT2D eigenvalue weighted by Crippen LogP contribution is 2.32. The molecule has 3 rings (SSSR count). The zero-order chi connectivity index (χ0) is 19.4. The molecule has 0 bridgehead atoms. The lowest BCUT2D eigenvalue weighted by Crippen LogP contribution is -2.19. The molecule has 27 heavy (non-hydrogen) atoms. The van der Waals surface area contributed by atoms with Gasteiger partial charge in [0.25, 0.3) is 0 Å². The summed E-state index contributed by atoms with van der Waals surface area (Å²) in [4.78, 5) is 16.3. The molecule has 0 fully saturated rings. The van der Waals surface area contributed by atoms with E-state index in [-0.39, 0.29) is 5.75 Å². The predicted molar refractivity (Wildman–Crippen MR) is 107 cm³/mol. The van der Waals surface area contributed by atoms with Crippen molar-refractivity contribution in [1.82, 2.24) is 9.55 Å². The lowest BCUT2D eigenvalue weighted by molar-refractivity contribution is 0.402. The number of benzene rings is 2. The third-order valence-corrected chi connectivity index (χ3v) is 4.42. The molecule has 0 unspecified atom stereocenters. The number of methoxy groups -OCH3 is 2. The van der Waals surface area contributed by atoms with Crippen LogP contribution in [0.4, 0.5) is 11.6 Å². The molecule has 0 aliphatic rings. The topological polar surface area (TPSA) is 65.4 Å². The van der Waals surface area contributed by atoms with Crippen LogP contribution in [0.1, 0.15) is 11.1 Å². The second-order valence-corrected chi connectivity index (χ2v) is 6.39. The van der Waals surface area contributed by atoms with Gasteiger partial charge in [0.15, 0.2) is 0 Å². The van der Waals surface area contributed by atoms with Crippen molar-refractivity contribution < 1.29 is 9.47 Å². The molecule has 0 aliphatic carbocycles. The Bertz CT molecular complexity index is 1000. The van der Waals surface area contributed by atoms with Crippen molar-refractivity contribution in [1.29, 1.82) is 0 Å². The molecular weight excluding hydrogens is 366 g/mol. The fourth-order valence-corrected chi connectivity index (χ4v) is 2.92. The van der Waals surface area contributed by atoms with Gasteiger partial charge in [0.2, 0.25) is 11.7 Å². The minimum Gasteiger partial charge on any atom is -0.495 e. The Hall–Kier alpha value is -2.99. The van der Waals surface area contributed by atoms with Crippen molar-refractivity contribution in [2.75, 3.05) is 19.5 Å². The summed E-state index contributed by atoms with van der Waals surface area (Å²) in [5.74, 6) is 1.17. The second kappa shape index (κ2) is 8.14. The standard InChI is InChI=1S/C20H20ClN3O3/c1-13-9-17(26-2)15(21)10-16(13)22-20-23-19(25)18(27-3)12-24(20)11-14-7-5-4-6-8-14/h4-10,12H,11H2,1-3H3,(H,22,23,25). The molecular formula is C20H20ClN3O3. The molecule has 1 aromatic heterocycles. The number of anilines is 2. The lowest BCUT2D eigenvalue weighted by atomic mass is 10.2. The van der Waals surface area contributed by atoms with E-state index in [1.807, 2.05) is 47.9 Å². The molecule has 3 aromatic rings. The van der Waals surface area contributed by atoms with Crippen molar-refractivity contribution in [2.24, 2.45) is 0 Å². The molecule has 1 heterocycles. The van der Waals surface area contributed by atoms with Gasteiger partial charge in [0, 0.05) is 5.69 Å². The van der Waals surface area contributed by atoms with Gasteiger partial charge in [-0.25, -0.2) is 0 Å². The predicted octanol–water partition coefficient (Wildman–Crippen LogP) is 4.01. The third-order valence-electron chi connectivity index (χ3n) is 4.12. The average molecular weight is 386 g/mol. The van der Waals surface area contributed by atoms with Crippen LogP contribution in [0.2, 0.25) is 5.02 Å². The zero-order valence-corrected chi connectivity index (χ0v) is 16.1. The Morgan fingerprint density at radius 1 is 1.11 bits per heavy atom. The van der Waals surface area contributed by atoms with E-state index in [2.05, 4.69) is 10.3 Å². The maximum absolute atomic E-state index is 12.2. The minimum atomic E-state index is -0.443. The molecule has 0 saturated heterocycles. The number of hydrogen-bond acceptors (Lipinski definition) is 5. The number of nitrogens with one attached hydrogen (secondary N) is 1. The van der Waals surface area contributed by atoms with Crippen LogP contribution in [0.3, 0.4) is 0 Å². The molecule has 0 radical (unpaired) electrons. The van der Waals surface area contributed by atoms with Crippen molar-refractivity contribution in [3.05, 3.63) is 75.2 Å². The van der Waals surface area contributed by atoms with Gasteiger partial charge in [0.1, 0.15) is 5.75 Å². The van der Waals surface area contributed by atoms with E-state index >= 15 is 0 Å². The molecule has 0 amide bonds. The fraction of sp³-hybridized carbons (Fsp3) is 0.200. The molecule has 2 aromatic carbocycles. The lowest BCUT2D eigenvalue weighted by Gasteiger charge is -2.17. The molecule has 0 saturated carbocycles. The maximum atomic E-state index is 12.2. The first-order valence-corrected chi connectivity index (χ1v) is 8.70. The van der Waals surface area contributed by atoms with E-state index in [1.54, 1.807) is 19.4 Å². The normalized spacial score (nSPS) is 10.5. The Kier molecular flexibility index (Phi) is 5.66. The Labute approximate surface area is 162 Å². The van der Waals surface area contributed by atoms with E-state index in [1.165, 1.54) is 7.11 Å². The Morgan fingerprint density at radius 3 is 2.48 bits per heavy atom. The van der Waals surface area contributed by atoms with Crippen LogP contribution in [0.25, 0.3) is 0 Å². The first-order chi connectivity index (χ1) is 13.0. The van der Waals surface area contributed by atoms with Crippen LogP contribution in [0.15, 0.2) is 53.5 Å². The van der Waals surface area contributed by atoms with Crippen molar-refractivity contribution in [3.63, 3.8) is 0 Å². The number of hydrogen-bond donors (Lipinski definition) is 1. The molecule has 0 aliphatic heterocycles. The van der Waals surface area contributed by atoms with Gasteiger partial charge in [-0.15, -0.1) is 0 Å². The molecule has 140 valence electrons. The van der Waals surface area contributed by atoms with E-state index in [0.29, 0.717) is 23.3 Å². The molecule has 7 heteroatoms. The number of ether oxygens (including phenoxy) is 2. The highest BCUT2D eigenvalue weighted by atomic mass is 35.5. The van der Waals surface area contributed by atoms with Gasteiger partial charge >= 0.3 is 5.56 Å². The van der Waals surface area contributed by atoms with E-state index in [4.69, 9.17) is 21.1 Å². The summed E-state index contributed by atoms with van der Waals surface area (Å²) in [6, 6.07) is 13.5. The molecule has 0 atom stereocenters. The Balaban J connectivity index is 2.03. The van der Waals surface area contributed by atoms with E-state index in [9.17, 15) is 4.79 Å². The van der Waals surface area contributed by atoms with Crippen LogP contribution in [-0.4, -0.2) is 23.8 Å². The maximum Gasteiger partial charge on any atom is 0.316 e. The van der Waals surface area contributed by atoms with Gasteiger partial charge in [-0.3, -0.25) is 4.79 Å². The van der Waals surface area contributed by atoms with Crippen LogP contribution >= 0.6 is 11.6 Å². The van der Waals surface area contributed by atoms with Gasteiger partial charge < -0.3 is 19.4 Å². The summed E-state index contributed by atoms with van der Waals surface area (Å²) in [6.45, 7) is 2.44. The van der Waals surface area contributed by atoms with E-state index in [0.717, 1.165) is 16.8 Å². The van der Waals surface area contributed by atoms with Gasteiger partial charge in [0.05, 0.1) is 32.0 Å². The van der Waals surface area contributed by atoms with Crippen molar-refractivity contribution >= 4 is 23.2 Å². The third kappa shape index (κ3) is 4.23. The molecule has 0 spiro atoms. The smallest absolute Gasteiger partial charge is 0.316 e. The average Bonchev–Trinajstić information content (AvgIpc) is 2.67. The summed E-state index contributed by atoms with van der Waals surface area (Å²) in [5.41, 5.74) is 2.27. The largest absolute Gasteiger partial charge is 0.495 e. The van der Waals surface area contributed by atoms with Crippen LogP contribution in [0, 0.1) is 6.92 Å². The number of halogens is 1. The van der Waals surface area contributed by atoms with Gasteiger partial charge in [-0.1, -0.05) is 41.9 Å². The number of aromatic nitrogens is 2. The number of aryl methyl sites for hydroxylation is 1. The van der Waals surface area contributed by atoms with Gasteiger partial charge in [-0.2, -0.15) is 4.98 Å². The first-order valence-electron chi connectivity index (χ1n) is 8.32. The fourth-order valence-electron chi connectivity index (χ4n) is 2.68. The number of rotatable bonds is 6. The quantitative estimate of drug-likeness (QED) is 0.694. The highest BCUT2D eigenvalue weighted by molar-refractivity contribution is 6.32. The number of nitrogens with zero attached hydrogens (tertiary/aromatic N) is 2. The summed E-state index contributed by atoms with van der Waals surface area (Å²) in [7, 11) is 3.02. The Morgan fingerprint density at radius 2 is 1.81 bits per heavy atom. The van der Waals surface area contributed by atoms with Crippen molar-refractivity contribution in [2.45, 2.75) is 13.5 Å². The zero-order valence-electron chi connectivity index (χ0n) is 15.3. The van der Waals surface area contributed by atoms with Crippen LogP contribution < -0.4 is 20.3 Å². The van der Waals surface area contributed by atoms with Crippen LogP contribution in [-0.2, 0) is 6.54 Å². The van der Waals surface area contributed by atoms with Crippen LogP contribution in [0.5, 0.6) is 11.5 Å². The van der Waals surface area contributed by atoms with Crippen molar-refractivity contribution in [3.8, 4) is 11.5 Å². The summed E-state index contributed by atoms with van der Waals surface area (Å²) < 4.78 is 12.2.